The molecule has 5 heteroatoms. The third-order valence-corrected chi connectivity index (χ3v) is 4.25. The van der Waals surface area contributed by atoms with Gasteiger partial charge in [-0.2, -0.15) is 0 Å². The smallest absolute Gasteiger partial charge is 0.238 e. The number of rotatable bonds is 5. The van der Waals surface area contributed by atoms with Crippen molar-refractivity contribution < 1.29 is 4.79 Å². The Labute approximate surface area is 131 Å². The maximum Gasteiger partial charge on any atom is 0.238 e. The lowest BCUT2D eigenvalue weighted by atomic mass is 10.0. The Kier molecular flexibility index (Phi) is 6.03. The van der Waals surface area contributed by atoms with Crippen molar-refractivity contribution in [3.05, 3.63) is 28.8 Å². The van der Waals surface area contributed by atoms with Crippen LogP contribution in [0.15, 0.2) is 18.2 Å². The van der Waals surface area contributed by atoms with Crippen LogP contribution in [0.3, 0.4) is 0 Å². The molecule has 0 bridgehead atoms. The van der Waals surface area contributed by atoms with Crippen LogP contribution in [0.1, 0.15) is 24.8 Å². The SMILES string of the molecule is CNCC1CCCCN1CC(=O)Nc1ccc(C)cc1Cl. The Balaban J connectivity index is 1.93. The van der Waals surface area contributed by atoms with Gasteiger partial charge >= 0.3 is 0 Å². The van der Waals surface area contributed by atoms with E-state index in [9.17, 15) is 4.79 Å². The summed E-state index contributed by atoms with van der Waals surface area (Å²) in [5.74, 6) is 0.00348. The third kappa shape index (κ3) is 4.70. The number of amides is 1. The van der Waals surface area contributed by atoms with Crippen molar-refractivity contribution in [1.82, 2.24) is 10.2 Å². The molecule has 1 unspecified atom stereocenters. The number of likely N-dealkylation sites (tertiary alicyclic amines) is 1. The number of aryl methyl sites for hydroxylation is 1. The first-order valence-corrected chi connectivity index (χ1v) is 7.92. The van der Waals surface area contributed by atoms with Gasteiger partial charge in [-0.1, -0.05) is 24.1 Å². The number of hydrogen-bond donors (Lipinski definition) is 2. The number of nitrogens with one attached hydrogen (secondary N) is 2. The second kappa shape index (κ2) is 7.78. The van der Waals surface area contributed by atoms with Crippen LogP contribution in [0.5, 0.6) is 0 Å². The van der Waals surface area contributed by atoms with E-state index in [1.165, 1.54) is 12.8 Å². The fraction of sp³-hybridized carbons (Fsp3) is 0.562. The van der Waals surface area contributed by atoms with E-state index in [1.807, 2.05) is 32.2 Å². The number of hydrogen-bond acceptors (Lipinski definition) is 3. The molecule has 1 amide bonds. The van der Waals surface area contributed by atoms with Crippen LogP contribution < -0.4 is 10.6 Å². The van der Waals surface area contributed by atoms with E-state index in [2.05, 4.69) is 15.5 Å². The van der Waals surface area contributed by atoms with Gasteiger partial charge in [0.05, 0.1) is 17.3 Å². The van der Waals surface area contributed by atoms with Gasteiger partial charge in [-0.05, 0) is 51.1 Å². The molecule has 1 heterocycles. The van der Waals surface area contributed by atoms with Gasteiger partial charge in [0.25, 0.3) is 0 Å². The van der Waals surface area contributed by atoms with Gasteiger partial charge in [0.15, 0.2) is 0 Å². The molecule has 0 aliphatic carbocycles. The molecular formula is C16H24ClN3O. The molecule has 0 aromatic heterocycles. The van der Waals surface area contributed by atoms with Crippen molar-refractivity contribution in [1.29, 1.82) is 0 Å². The van der Waals surface area contributed by atoms with Gasteiger partial charge < -0.3 is 10.6 Å². The highest BCUT2D eigenvalue weighted by atomic mass is 35.5. The molecule has 116 valence electrons. The quantitative estimate of drug-likeness (QED) is 0.879. The molecule has 2 rings (SSSR count). The molecule has 1 atom stereocenters. The Hall–Kier alpha value is -1.10. The van der Waals surface area contributed by atoms with E-state index in [0.717, 1.165) is 25.1 Å². The largest absolute Gasteiger partial charge is 0.324 e. The van der Waals surface area contributed by atoms with E-state index < -0.39 is 0 Å². The minimum atomic E-state index is 0.00348. The van der Waals surface area contributed by atoms with Crippen LogP contribution in [-0.4, -0.2) is 43.5 Å². The second-order valence-electron chi connectivity index (χ2n) is 5.71. The molecule has 1 fully saturated rings. The molecule has 1 aromatic carbocycles. The predicted molar refractivity (Wildman–Crippen MR) is 88.0 cm³/mol. The van der Waals surface area contributed by atoms with Crippen LogP contribution in [0, 0.1) is 6.92 Å². The first-order valence-electron chi connectivity index (χ1n) is 7.55. The summed E-state index contributed by atoms with van der Waals surface area (Å²) in [5.41, 5.74) is 1.78. The minimum absolute atomic E-state index is 0.00348. The molecule has 21 heavy (non-hydrogen) atoms. The maximum absolute atomic E-state index is 12.2. The number of benzene rings is 1. The van der Waals surface area contributed by atoms with Crippen molar-refractivity contribution in [2.75, 3.05) is 32.0 Å². The topological polar surface area (TPSA) is 44.4 Å². The Bertz CT molecular complexity index is 490. The van der Waals surface area contributed by atoms with E-state index in [1.54, 1.807) is 0 Å². The molecule has 1 aliphatic heterocycles. The number of nitrogens with zero attached hydrogens (tertiary/aromatic N) is 1. The minimum Gasteiger partial charge on any atom is -0.324 e. The third-order valence-electron chi connectivity index (χ3n) is 3.93. The highest BCUT2D eigenvalue weighted by molar-refractivity contribution is 6.33. The number of carbonyl (C=O) groups excluding carboxylic acids is 1. The van der Waals surface area contributed by atoms with Crippen molar-refractivity contribution in [3.63, 3.8) is 0 Å². The Morgan fingerprint density at radius 2 is 2.24 bits per heavy atom. The standard InChI is InChI=1S/C16H24ClN3O/c1-12-6-7-15(14(17)9-12)19-16(21)11-20-8-4-3-5-13(20)10-18-2/h6-7,9,13,18H,3-5,8,10-11H2,1-2H3,(H,19,21). The lowest BCUT2D eigenvalue weighted by Crippen LogP contribution is -2.47. The maximum atomic E-state index is 12.2. The molecule has 1 aromatic rings. The summed E-state index contributed by atoms with van der Waals surface area (Å²) in [6.07, 6.45) is 3.56. The molecule has 1 aliphatic rings. The summed E-state index contributed by atoms with van der Waals surface area (Å²) in [5, 5.41) is 6.72. The molecule has 4 nitrogen and oxygen atoms in total. The average Bonchev–Trinajstić information content (AvgIpc) is 2.44. The predicted octanol–water partition coefficient (Wildman–Crippen LogP) is 2.66. The zero-order valence-corrected chi connectivity index (χ0v) is 13.5. The lowest BCUT2D eigenvalue weighted by Gasteiger charge is -2.35. The van der Waals surface area contributed by atoms with Crippen LogP contribution in [0.2, 0.25) is 5.02 Å². The zero-order valence-electron chi connectivity index (χ0n) is 12.8. The van der Waals surface area contributed by atoms with E-state index in [-0.39, 0.29) is 5.91 Å². The number of carbonyl (C=O) groups is 1. The molecule has 2 N–H and O–H groups in total. The first kappa shape index (κ1) is 16.3. The van der Waals surface area contributed by atoms with Gasteiger partial charge in [0.2, 0.25) is 5.91 Å². The second-order valence-corrected chi connectivity index (χ2v) is 6.12. The number of halogens is 1. The molecule has 1 saturated heterocycles. The summed E-state index contributed by atoms with van der Waals surface area (Å²) >= 11 is 6.16. The van der Waals surface area contributed by atoms with Gasteiger partial charge in [0, 0.05) is 12.6 Å². The van der Waals surface area contributed by atoms with E-state index in [0.29, 0.717) is 23.3 Å². The van der Waals surface area contributed by atoms with Crippen molar-refractivity contribution in [2.24, 2.45) is 0 Å². The average molecular weight is 310 g/mol. The van der Waals surface area contributed by atoms with Crippen molar-refractivity contribution in [3.8, 4) is 0 Å². The zero-order chi connectivity index (χ0) is 15.2. The number of anilines is 1. The van der Waals surface area contributed by atoms with Gasteiger partial charge in [-0.15, -0.1) is 0 Å². The monoisotopic (exact) mass is 309 g/mol. The molecule has 0 radical (unpaired) electrons. The summed E-state index contributed by atoms with van der Waals surface area (Å²) in [6, 6.07) is 6.12. The normalized spacial score (nSPS) is 19.5. The van der Waals surface area contributed by atoms with E-state index >= 15 is 0 Å². The summed E-state index contributed by atoms with van der Waals surface area (Å²) in [7, 11) is 1.96. The van der Waals surface area contributed by atoms with Gasteiger partial charge in [-0.25, -0.2) is 0 Å². The highest BCUT2D eigenvalue weighted by Gasteiger charge is 2.23. The van der Waals surface area contributed by atoms with Crippen LogP contribution >= 0.6 is 11.6 Å². The molecule has 0 saturated carbocycles. The fourth-order valence-electron chi connectivity index (χ4n) is 2.83. The summed E-state index contributed by atoms with van der Waals surface area (Å²) in [4.78, 5) is 14.5. The fourth-order valence-corrected chi connectivity index (χ4v) is 3.11. The van der Waals surface area contributed by atoms with Crippen LogP contribution in [-0.2, 0) is 4.79 Å². The number of likely N-dealkylation sites (N-methyl/N-ethyl adjacent to an activating group) is 1. The summed E-state index contributed by atoms with van der Waals surface area (Å²) in [6.45, 7) is 4.32. The molecule has 0 spiro atoms. The Morgan fingerprint density at radius 1 is 1.43 bits per heavy atom. The van der Waals surface area contributed by atoms with Gasteiger partial charge in [0.1, 0.15) is 0 Å². The van der Waals surface area contributed by atoms with Gasteiger partial charge in [-0.3, -0.25) is 9.69 Å². The summed E-state index contributed by atoms with van der Waals surface area (Å²) < 4.78 is 0. The molecular weight excluding hydrogens is 286 g/mol. The first-order chi connectivity index (χ1) is 10.1. The van der Waals surface area contributed by atoms with E-state index in [4.69, 9.17) is 11.6 Å². The lowest BCUT2D eigenvalue weighted by molar-refractivity contribution is -0.118. The highest BCUT2D eigenvalue weighted by Crippen LogP contribution is 2.23. The Morgan fingerprint density at radius 3 is 2.95 bits per heavy atom. The van der Waals surface area contributed by atoms with Crippen LogP contribution in [0.4, 0.5) is 5.69 Å². The van der Waals surface area contributed by atoms with Crippen LogP contribution in [0.25, 0.3) is 0 Å². The van der Waals surface area contributed by atoms with Crippen molar-refractivity contribution >= 4 is 23.2 Å². The van der Waals surface area contributed by atoms with Crippen molar-refractivity contribution in [2.45, 2.75) is 32.2 Å². The number of piperidine rings is 1.